The Morgan fingerprint density at radius 3 is 1.25 bits per heavy atom. The summed E-state index contributed by atoms with van der Waals surface area (Å²) in [6.45, 7) is 9.54. The molecule has 1 aliphatic rings. The highest BCUT2D eigenvalue weighted by Crippen LogP contribution is 2.29. The molecule has 0 unspecified atom stereocenters. The Morgan fingerprint density at radius 1 is 0.542 bits per heavy atom. The molecule has 0 N–H and O–H groups in total. The third kappa shape index (κ3) is 9.14. The summed E-state index contributed by atoms with van der Waals surface area (Å²) in [5.74, 6) is -0.758. The second-order valence-corrected chi connectivity index (χ2v) is 12.2. The smallest absolute Gasteiger partial charge is 0.152 e. The maximum absolute atomic E-state index is 14.7. The molecule has 0 saturated carbocycles. The Bertz CT molecular complexity index is 1540. The molecule has 0 radical (unpaired) electrons. The van der Waals surface area contributed by atoms with Crippen LogP contribution in [0.1, 0.15) is 39.5 Å². The first kappa shape index (κ1) is 34.5. The van der Waals surface area contributed by atoms with Gasteiger partial charge in [-0.1, -0.05) is 26.7 Å². The molecule has 5 rings (SSSR count). The lowest BCUT2D eigenvalue weighted by molar-refractivity contribution is 0.627. The third-order valence-corrected chi connectivity index (χ3v) is 8.69. The highest BCUT2D eigenvalue weighted by molar-refractivity contribution is 5.58. The van der Waals surface area contributed by atoms with E-state index in [1.807, 2.05) is 74.8 Å². The van der Waals surface area contributed by atoms with Crippen LogP contribution in [0.15, 0.2) is 105 Å². The molecule has 1 heterocycles. The van der Waals surface area contributed by atoms with Gasteiger partial charge in [0.2, 0.25) is 0 Å². The zero-order valence-electron chi connectivity index (χ0n) is 28.5. The van der Waals surface area contributed by atoms with Crippen LogP contribution < -0.4 is 19.6 Å². The number of nitrogens with zero attached hydrogens (tertiary/aromatic N) is 8. The molecule has 1 fully saturated rings. The van der Waals surface area contributed by atoms with Gasteiger partial charge in [-0.2, -0.15) is 10.2 Å². The van der Waals surface area contributed by atoms with Gasteiger partial charge in [0.05, 0.1) is 11.4 Å². The Hall–Kier alpha value is -4.86. The predicted molar refractivity (Wildman–Crippen MR) is 195 cm³/mol. The van der Waals surface area contributed by atoms with Crippen LogP contribution in [0.4, 0.5) is 54.3 Å². The predicted octanol–water partition coefficient (Wildman–Crippen LogP) is 10.6. The number of anilines is 4. The molecule has 10 heteroatoms. The van der Waals surface area contributed by atoms with Crippen molar-refractivity contribution in [2.75, 3.05) is 73.0 Å². The van der Waals surface area contributed by atoms with E-state index in [9.17, 15) is 8.78 Å². The fourth-order valence-electron chi connectivity index (χ4n) is 5.58. The van der Waals surface area contributed by atoms with Gasteiger partial charge in [-0.25, -0.2) is 8.78 Å². The van der Waals surface area contributed by atoms with Crippen molar-refractivity contribution in [1.29, 1.82) is 0 Å². The first-order valence-electron chi connectivity index (χ1n) is 16.9. The lowest BCUT2D eigenvalue weighted by Crippen LogP contribution is -2.46. The molecule has 1 saturated heterocycles. The Morgan fingerprint density at radius 2 is 0.917 bits per heavy atom. The summed E-state index contributed by atoms with van der Waals surface area (Å²) in [7, 11) is 3.94. The quantitative estimate of drug-likeness (QED) is 0.127. The highest BCUT2D eigenvalue weighted by atomic mass is 19.1. The SMILES string of the molecule is CCCCN(C)c1ccc(N=Nc2ccc(N3CCN(c4ccc(N=Nc5ccc(N(C)CCCC)cc5F)cc4)CC3)cc2)c(F)c1. The lowest BCUT2D eigenvalue weighted by atomic mass is 10.2. The van der Waals surface area contributed by atoms with E-state index in [2.05, 4.69) is 53.9 Å². The average Bonchev–Trinajstić information content (AvgIpc) is 3.12. The molecule has 252 valence electrons. The zero-order valence-corrected chi connectivity index (χ0v) is 28.5. The second-order valence-electron chi connectivity index (χ2n) is 12.2. The van der Waals surface area contributed by atoms with E-state index in [-0.39, 0.29) is 23.0 Å². The van der Waals surface area contributed by atoms with Crippen molar-refractivity contribution < 1.29 is 8.78 Å². The third-order valence-electron chi connectivity index (χ3n) is 8.69. The molecule has 48 heavy (non-hydrogen) atoms. The Labute approximate surface area is 283 Å². The summed E-state index contributed by atoms with van der Waals surface area (Å²) in [5, 5.41) is 16.9. The van der Waals surface area contributed by atoms with E-state index in [1.54, 1.807) is 12.1 Å². The number of halogens is 2. The van der Waals surface area contributed by atoms with Gasteiger partial charge in [-0.3, -0.25) is 0 Å². The molecular formula is C38H46F2N8. The minimum Gasteiger partial charge on any atom is -0.375 e. The molecule has 0 aliphatic carbocycles. The van der Waals surface area contributed by atoms with Gasteiger partial charge in [0.1, 0.15) is 11.4 Å². The van der Waals surface area contributed by atoms with Crippen LogP contribution in [0, 0.1) is 11.6 Å². The molecule has 0 spiro atoms. The van der Waals surface area contributed by atoms with Crippen molar-refractivity contribution >= 4 is 45.5 Å². The fraction of sp³-hybridized carbons (Fsp3) is 0.368. The van der Waals surface area contributed by atoms with Crippen LogP contribution in [0.3, 0.4) is 0 Å². The van der Waals surface area contributed by atoms with E-state index in [4.69, 9.17) is 0 Å². The van der Waals surface area contributed by atoms with Crippen LogP contribution in [-0.2, 0) is 0 Å². The lowest BCUT2D eigenvalue weighted by Gasteiger charge is -2.37. The summed E-state index contributed by atoms with van der Waals surface area (Å²) in [6.07, 6.45) is 4.31. The van der Waals surface area contributed by atoms with E-state index >= 15 is 0 Å². The molecule has 8 nitrogen and oxygen atoms in total. The molecule has 0 bridgehead atoms. The van der Waals surface area contributed by atoms with Gasteiger partial charge in [0, 0.05) is 76.1 Å². The van der Waals surface area contributed by atoms with Gasteiger partial charge >= 0.3 is 0 Å². The Kier molecular flexibility index (Phi) is 12.1. The second kappa shape index (κ2) is 16.8. The largest absolute Gasteiger partial charge is 0.375 e. The summed E-state index contributed by atoms with van der Waals surface area (Å²) < 4.78 is 29.3. The van der Waals surface area contributed by atoms with Gasteiger partial charge < -0.3 is 19.6 Å². The van der Waals surface area contributed by atoms with E-state index < -0.39 is 0 Å². The average molecular weight is 653 g/mol. The van der Waals surface area contributed by atoms with Gasteiger partial charge in [0.25, 0.3) is 0 Å². The Balaban J connectivity index is 1.11. The van der Waals surface area contributed by atoms with Crippen molar-refractivity contribution in [3.05, 3.63) is 96.6 Å². The van der Waals surface area contributed by atoms with Crippen LogP contribution >= 0.6 is 0 Å². The van der Waals surface area contributed by atoms with E-state index in [0.717, 1.165) is 87.7 Å². The van der Waals surface area contributed by atoms with E-state index in [1.165, 1.54) is 12.1 Å². The van der Waals surface area contributed by atoms with Gasteiger partial charge in [-0.15, -0.1) is 10.2 Å². The minimum absolute atomic E-state index is 0.226. The summed E-state index contributed by atoms with van der Waals surface area (Å²) in [6, 6.07) is 25.9. The van der Waals surface area contributed by atoms with Crippen molar-refractivity contribution in [3.8, 4) is 0 Å². The molecular weight excluding hydrogens is 606 g/mol. The maximum Gasteiger partial charge on any atom is 0.152 e. The topological polar surface area (TPSA) is 62.4 Å². The molecule has 4 aromatic carbocycles. The van der Waals surface area contributed by atoms with Gasteiger partial charge in [0.15, 0.2) is 11.6 Å². The van der Waals surface area contributed by atoms with Crippen LogP contribution in [-0.4, -0.2) is 53.4 Å². The number of piperazine rings is 1. The van der Waals surface area contributed by atoms with Crippen molar-refractivity contribution in [2.24, 2.45) is 20.5 Å². The van der Waals surface area contributed by atoms with E-state index in [0.29, 0.717) is 11.4 Å². The monoisotopic (exact) mass is 652 g/mol. The first-order chi connectivity index (χ1) is 23.3. The molecule has 1 aliphatic heterocycles. The minimum atomic E-state index is -0.379. The number of benzene rings is 4. The number of azo groups is 2. The summed E-state index contributed by atoms with van der Waals surface area (Å²) in [5.41, 5.74) is 5.70. The van der Waals surface area contributed by atoms with Crippen molar-refractivity contribution in [3.63, 3.8) is 0 Å². The zero-order chi connectivity index (χ0) is 33.9. The maximum atomic E-state index is 14.7. The number of hydrogen-bond donors (Lipinski definition) is 0. The number of unbranched alkanes of at least 4 members (excludes halogenated alkanes) is 2. The molecule has 0 atom stereocenters. The first-order valence-corrected chi connectivity index (χ1v) is 16.9. The summed E-state index contributed by atoms with van der Waals surface area (Å²) in [4.78, 5) is 8.79. The molecule has 0 amide bonds. The summed E-state index contributed by atoms with van der Waals surface area (Å²) >= 11 is 0. The standard InChI is InChI=1S/C38H46F2N8/c1-5-7-21-45(3)33-17-19-37(35(39)27-33)43-41-29-9-13-31(14-10-29)47-23-25-48(26-24-47)32-15-11-30(12-16-32)42-44-38-20-18-34(28-36(38)40)46(4)22-8-6-2/h9-20,27-28H,5-8,21-26H2,1-4H3. The highest BCUT2D eigenvalue weighted by Gasteiger charge is 2.18. The van der Waals surface area contributed by atoms with Crippen LogP contribution in [0.2, 0.25) is 0 Å². The number of hydrogen-bond acceptors (Lipinski definition) is 8. The molecule has 0 aromatic heterocycles. The molecule has 4 aromatic rings. The fourth-order valence-corrected chi connectivity index (χ4v) is 5.58. The van der Waals surface area contributed by atoms with Crippen molar-refractivity contribution in [1.82, 2.24) is 0 Å². The van der Waals surface area contributed by atoms with Crippen LogP contribution in [0.25, 0.3) is 0 Å². The number of rotatable bonds is 14. The van der Waals surface area contributed by atoms with Gasteiger partial charge in [-0.05, 0) is 97.8 Å². The normalized spacial score (nSPS) is 13.5. The van der Waals surface area contributed by atoms with Crippen LogP contribution in [0.5, 0.6) is 0 Å². The van der Waals surface area contributed by atoms with Crippen molar-refractivity contribution in [2.45, 2.75) is 39.5 Å².